The number of carbonyl (C=O) groups excluding carboxylic acids is 4. The van der Waals surface area contributed by atoms with E-state index in [2.05, 4.69) is 30.5 Å². The van der Waals surface area contributed by atoms with Crippen LogP contribution in [0.2, 0.25) is 0 Å². The number of hydrogen-bond acceptors (Lipinski definition) is 5. The van der Waals surface area contributed by atoms with Crippen LogP contribution in [0.25, 0.3) is 0 Å². The van der Waals surface area contributed by atoms with Crippen molar-refractivity contribution in [1.82, 2.24) is 15.5 Å². The molecule has 128 valence electrons. The number of fused-ring (bicyclic) bond motifs is 1. The number of imide groups is 2. The van der Waals surface area contributed by atoms with Crippen LogP contribution in [0.15, 0.2) is 18.2 Å². The minimum Gasteiger partial charge on any atom is -0.376 e. The smallest absolute Gasteiger partial charge is 0.376 e. The summed E-state index contributed by atoms with van der Waals surface area (Å²) in [6.07, 6.45) is 0.287. The minimum atomic E-state index is -0.912. The second-order valence-corrected chi connectivity index (χ2v) is 5.17. The monoisotopic (exact) mass is 335 g/mol. The van der Waals surface area contributed by atoms with Gasteiger partial charge in [-0.3, -0.25) is 29.4 Å². The third kappa shape index (κ3) is 4.57. The van der Waals surface area contributed by atoms with E-state index in [1.807, 2.05) is 0 Å². The maximum absolute atomic E-state index is 12.2. The molecule has 1 aromatic carbocycles. The summed E-state index contributed by atoms with van der Waals surface area (Å²) in [5, 5.41) is 5.03. The number of amides is 4. The molecule has 1 aromatic rings. The Hall–Kier alpha value is -1.94. The van der Waals surface area contributed by atoms with Crippen LogP contribution in [0.1, 0.15) is 33.6 Å². The van der Waals surface area contributed by atoms with Crippen LogP contribution in [-0.2, 0) is 9.59 Å². The molecule has 2 aliphatic rings. The first-order valence-corrected chi connectivity index (χ1v) is 7.52. The molecule has 25 heavy (non-hydrogen) atoms. The van der Waals surface area contributed by atoms with Gasteiger partial charge in [-0.15, -0.1) is 13.1 Å². The maximum Gasteiger partial charge on any atom is 1.00 e. The van der Waals surface area contributed by atoms with Crippen LogP contribution in [0.3, 0.4) is 0 Å². The Morgan fingerprint density at radius 1 is 1.16 bits per heavy atom. The number of carbonyl (C=O) groups is 4. The molecular formula is C17H18LiN3O4-2. The zero-order valence-corrected chi connectivity index (χ0v) is 14.1. The Kier molecular flexibility index (Phi) is 8.03. The number of nitrogens with one attached hydrogen (secondary N) is 2. The van der Waals surface area contributed by atoms with E-state index in [4.69, 9.17) is 0 Å². The van der Waals surface area contributed by atoms with E-state index in [1.54, 1.807) is 0 Å². The molecule has 0 aliphatic carbocycles. The molecule has 0 saturated carbocycles. The molecule has 2 aliphatic heterocycles. The Labute approximate surface area is 158 Å². The van der Waals surface area contributed by atoms with Crippen molar-refractivity contribution >= 4 is 23.6 Å². The Morgan fingerprint density at radius 2 is 1.80 bits per heavy atom. The summed E-state index contributed by atoms with van der Waals surface area (Å²) in [5.74, 6) is -1.99. The SMILES string of the molecule is O=C1CCC(N2C(=O)c3c[c-]ccc3C2=O)C(=O)N1.[CH2-]CNC[CH2-].[Li+]. The molecule has 2 N–H and O–H groups in total. The average Bonchev–Trinajstić information content (AvgIpc) is 2.81. The van der Waals surface area contributed by atoms with Crippen molar-refractivity contribution in [2.75, 3.05) is 13.1 Å². The van der Waals surface area contributed by atoms with Crippen LogP contribution < -0.4 is 29.5 Å². The summed E-state index contributed by atoms with van der Waals surface area (Å²) in [6.45, 7) is 8.61. The van der Waals surface area contributed by atoms with E-state index >= 15 is 0 Å². The number of rotatable bonds is 3. The molecule has 1 fully saturated rings. The van der Waals surface area contributed by atoms with Crippen molar-refractivity contribution < 1.29 is 38.0 Å². The Bertz CT molecular complexity index is 641. The van der Waals surface area contributed by atoms with Crippen molar-refractivity contribution in [3.63, 3.8) is 0 Å². The molecule has 2 heterocycles. The van der Waals surface area contributed by atoms with Crippen molar-refractivity contribution in [2.45, 2.75) is 18.9 Å². The van der Waals surface area contributed by atoms with Gasteiger partial charge in [0.05, 0.1) is 0 Å². The van der Waals surface area contributed by atoms with E-state index in [0.29, 0.717) is 0 Å². The maximum atomic E-state index is 12.2. The third-order valence-electron chi connectivity index (χ3n) is 3.64. The quantitative estimate of drug-likeness (QED) is 0.352. The van der Waals surface area contributed by atoms with Gasteiger partial charge in [0.15, 0.2) is 0 Å². The zero-order valence-electron chi connectivity index (χ0n) is 14.1. The van der Waals surface area contributed by atoms with E-state index in [1.165, 1.54) is 18.2 Å². The van der Waals surface area contributed by atoms with Crippen molar-refractivity contribution in [3.05, 3.63) is 49.2 Å². The molecule has 0 bridgehead atoms. The Balaban J connectivity index is 0.000000462. The summed E-state index contributed by atoms with van der Waals surface area (Å²) in [4.78, 5) is 48.1. The fourth-order valence-corrected chi connectivity index (χ4v) is 2.48. The van der Waals surface area contributed by atoms with E-state index < -0.39 is 23.8 Å². The van der Waals surface area contributed by atoms with Gasteiger partial charge in [0.2, 0.25) is 23.6 Å². The second kappa shape index (κ2) is 9.52. The first-order chi connectivity index (χ1) is 11.5. The van der Waals surface area contributed by atoms with Gasteiger partial charge in [-0.2, -0.15) is 24.3 Å². The van der Waals surface area contributed by atoms with Gasteiger partial charge in [-0.05, 0) is 6.42 Å². The predicted molar refractivity (Wildman–Crippen MR) is 85.5 cm³/mol. The number of hydrogen-bond donors (Lipinski definition) is 2. The molecule has 0 spiro atoms. The van der Waals surface area contributed by atoms with Crippen molar-refractivity contribution in [1.29, 1.82) is 0 Å². The molecule has 0 radical (unpaired) electrons. The number of benzene rings is 1. The third-order valence-corrected chi connectivity index (χ3v) is 3.64. The molecular weight excluding hydrogens is 317 g/mol. The van der Waals surface area contributed by atoms with E-state index in [0.717, 1.165) is 18.0 Å². The predicted octanol–water partition coefficient (Wildman–Crippen LogP) is -2.86. The van der Waals surface area contributed by atoms with Gasteiger partial charge in [0.25, 0.3) is 0 Å². The molecule has 1 unspecified atom stereocenters. The molecule has 4 amide bonds. The number of nitrogens with zero attached hydrogens (tertiary/aromatic N) is 1. The normalized spacial score (nSPS) is 18.8. The minimum absolute atomic E-state index is 0. The van der Waals surface area contributed by atoms with Gasteiger partial charge in [0.1, 0.15) is 6.04 Å². The molecule has 1 atom stereocenters. The van der Waals surface area contributed by atoms with Crippen LogP contribution in [0.5, 0.6) is 0 Å². The van der Waals surface area contributed by atoms with Crippen LogP contribution >= 0.6 is 0 Å². The standard InChI is InChI=1S/C13H9N2O4.C4H9N.Li/c16-10-6-5-9(11(17)14-10)15-12(18)7-3-1-2-4-8(7)13(15)19;1-3-5-4-2;/h1,3-4,9H,5-6H2,(H,14,16,17);5H,1-4H2;/q-1;-2;+1. The van der Waals surface area contributed by atoms with Gasteiger partial charge in [0, 0.05) is 6.42 Å². The summed E-state index contributed by atoms with van der Waals surface area (Å²) < 4.78 is 0. The molecule has 8 heteroatoms. The summed E-state index contributed by atoms with van der Waals surface area (Å²) >= 11 is 0. The second-order valence-electron chi connectivity index (χ2n) is 5.17. The van der Waals surface area contributed by atoms with Crippen LogP contribution in [0.4, 0.5) is 0 Å². The Morgan fingerprint density at radius 3 is 2.32 bits per heavy atom. The summed E-state index contributed by atoms with van der Waals surface area (Å²) in [5.41, 5.74) is 0.519. The van der Waals surface area contributed by atoms with Gasteiger partial charge >= 0.3 is 18.9 Å². The van der Waals surface area contributed by atoms with E-state index in [-0.39, 0.29) is 48.7 Å². The summed E-state index contributed by atoms with van der Waals surface area (Å²) in [7, 11) is 0. The fraction of sp³-hybridized carbons (Fsp3) is 0.294. The molecule has 3 rings (SSSR count). The van der Waals surface area contributed by atoms with Gasteiger partial charge in [-0.25, -0.2) is 0 Å². The number of piperidine rings is 1. The first kappa shape index (κ1) is 21.1. The van der Waals surface area contributed by atoms with Gasteiger partial charge in [-0.1, -0.05) is 11.1 Å². The molecule has 0 aromatic heterocycles. The molecule has 7 nitrogen and oxygen atoms in total. The van der Waals surface area contributed by atoms with Crippen LogP contribution in [-0.4, -0.2) is 47.7 Å². The van der Waals surface area contributed by atoms with Crippen LogP contribution in [0, 0.1) is 19.9 Å². The topological polar surface area (TPSA) is 95.6 Å². The van der Waals surface area contributed by atoms with E-state index in [9.17, 15) is 19.2 Å². The first-order valence-electron chi connectivity index (χ1n) is 7.52. The zero-order chi connectivity index (χ0) is 17.7. The molecule has 1 saturated heterocycles. The van der Waals surface area contributed by atoms with Crippen molar-refractivity contribution in [3.8, 4) is 0 Å². The fourth-order valence-electron chi connectivity index (χ4n) is 2.48. The summed E-state index contributed by atoms with van der Waals surface area (Å²) in [6, 6.07) is 6.29. The van der Waals surface area contributed by atoms with Crippen molar-refractivity contribution in [2.24, 2.45) is 0 Å². The average molecular weight is 335 g/mol. The van der Waals surface area contributed by atoms with Gasteiger partial charge < -0.3 is 19.2 Å². The largest absolute Gasteiger partial charge is 1.00 e.